The number of rotatable bonds is 9. The Hall–Kier alpha value is -2.95. The van der Waals surface area contributed by atoms with Crippen molar-refractivity contribution < 1.29 is 23.0 Å². The number of carbonyl (C=O) groups excluding carboxylic acids is 1. The van der Waals surface area contributed by atoms with Gasteiger partial charge >= 0.3 is 5.97 Å². The van der Waals surface area contributed by atoms with E-state index in [9.17, 15) is 13.6 Å². The minimum Gasteiger partial charge on any atom is -0.486 e. The summed E-state index contributed by atoms with van der Waals surface area (Å²) in [7, 11) is 0. The van der Waals surface area contributed by atoms with Crippen molar-refractivity contribution in [2.75, 3.05) is 6.61 Å². The molecule has 0 saturated heterocycles. The fourth-order valence-electron chi connectivity index (χ4n) is 5.89. The molecule has 0 N–H and O–H groups in total. The highest BCUT2D eigenvalue weighted by molar-refractivity contribution is 5.91. The number of fused-ring (bicyclic) bond motifs is 1. The van der Waals surface area contributed by atoms with E-state index < -0.39 is 23.4 Å². The average molecular weight is 495 g/mol. The van der Waals surface area contributed by atoms with Crippen LogP contribution in [0.25, 0.3) is 0 Å². The summed E-state index contributed by atoms with van der Waals surface area (Å²) in [4.78, 5) is 12.6. The third-order valence-electron chi connectivity index (χ3n) is 7.90. The Bertz CT molecular complexity index is 1080. The van der Waals surface area contributed by atoms with Gasteiger partial charge in [0.05, 0.1) is 5.56 Å². The van der Waals surface area contributed by atoms with Gasteiger partial charge in [0, 0.05) is 0 Å². The topological polar surface area (TPSA) is 35.5 Å². The largest absolute Gasteiger partial charge is 0.486 e. The molecule has 36 heavy (non-hydrogen) atoms. The standard InChI is InChI=1S/C31H36F2O3/c1-3-5-7-21-8-9-26-20-25(15-14-24(26)19-21)22-10-12-23(13-11-22)31(34)36-28-17-16-27(29(32)30(28)33)35-18-6-4-2/h3-4,6,10-13,16-17,21,24-26H,1,5,7-9,14-15,18-20H2,2H3/b6-4+. The number of hydrogen-bond acceptors (Lipinski definition) is 3. The molecule has 0 heterocycles. The van der Waals surface area contributed by atoms with E-state index in [0.717, 1.165) is 24.2 Å². The van der Waals surface area contributed by atoms with Crippen molar-refractivity contribution in [1.29, 1.82) is 0 Å². The summed E-state index contributed by atoms with van der Waals surface area (Å²) in [6, 6.07) is 9.87. The van der Waals surface area contributed by atoms with Gasteiger partial charge in [0.25, 0.3) is 0 Å². The Labute approximate surface area is 213 Å². The van der Waals surface area contributed by atoms with Crippen LogP contribution in [0.1, 0.15) is 80.1 Å². The molecule has 4 unspecified atom stereocenters. The fraction of sp³-hybridized carbons (Fsp3) is 0.452. The minimum atomic E-state index is -1.24. The summed E-state index contributed by atoms with van der Waals surface area (Å²) < 4.78 is 39.0. The molecular formula is C31H36F2O3. The maximum Gasteiger partial charge on any atom is 0.343 e. The van der Waals surface area contributed by atoms with Crippen LogP contribution in [0.2, 0.25) is 0 Å². The summed E-state index contributed by atoms with van der Waals surface area (Å²) in [6.07, 6.45) is 15.5. The lowest BCUT2D eigenvalue weighted by atomic mass is 9.63. The monoisotopic (exact) mass is 494 g/mol. The van der Waals surface area contributed by atoms with Crippen LogP contribution in [0, 0.1) is 29.4 Å². The van der Waals surface area contributed by atoms with E-state index in [1.807, 2.05) is 18.2 Å². The van der Waals surface area contributed by atoms with Gasteiger partial charge in [-0.05, 0) is 105 Å². The lowest BCUT2D eigenvalue weighted by Gasteiger charge is -2.42. The van der Waals surface area contributed by atoms with Crippen LogP contribution < -0.4 is 9.47 Å². The zero-order valence-electron chi connectivity index (χ0n) is 21.1. The molecule has 2 aliphatic rings. The summed E-state index contributed by atoms with van der Waals surface area (Å²) in [6.45, 7) is 5.79. The zero-order valence-corrected chi connectivity index (χ0v) is 21.1. The first kappa shape index (κ1) is 26.1. The molecule has 2 fully saturated rings. The lowest BCUT2D eigenvalue weighted by molar-refractivity contribution is 0.0726. The van der Waals surface area contributed by atoms with Crippen LogP contribution in [0.5, 0.6) is 11.5 Å². The van der Waals surface area contributed by atoms with Gasteiger partial charge in [0.2, 0.25) is 11.6 Å². The molecule has 0 bridgehead atoms. The van der Waals surface area contributed by atoms with Crippen molar-refractivity contribution in [3.63, 3.8) is 0 Å². The Morgan fingerprint density at radius 3 is 2.42 bits per heavy atom. The smallest absolute Gasteiger partial charge is 0.343 e. The molecule has 0 spiro atoms. The number of allylic oxidation sites excluding steroid dienone is 2. The van der Waals surface area contributed by atoms with Crippen molar-refractivity contribution in [2.45, 2.75) is 64.2 Å². The van der Waals surface area contributed by atoms with Crippen LogP contribution in [0.3, 0.4) is 0 Å². The van der Waals surface area contributed by atoms with Crippen LogP contribution in [0.4, 0.5) is 8.78 Å². The molecule has 4 rings (SSSR count). The zero-order chi connectivity index (χ0) is 25.5. The maximum atomic E-state index is 14.4. The molecule has 192 valence electrons. The molecular weight excluding hydrogens is 458 g/mol. The third-order valence-corrected chi connectivity index (χ3v) is 7.90. The second kappa shape index (κ2) is 12.3. The van der Waals surface area contributed by atoms with Gasteiger partial charge in [-0.1, -0.05) is 36.8 Å². The van der Waals surface area contributed by atoms with E-state index in [1.54, 1.807) is 31.2 Å². The molecule has 0 aliphatic heterocycles. The van der Waals surface area contributed by atoms with Gasteiger partial charge < -0.3 is 9.47 Å². The number of ether oxygens (including phenoxy) is 2. The number of esters is 1. The summed E-state index contributed by atoms with van der Waals surface area (Å²) >= 11 is 0. The maximum absolute atomic E-state index is 14.4. The predicted molar refractivity (Wildman–Crippen MR) is 138 cm³/mol. The first-order valence-corrected chi connectivity index (χ1v) is 13.1. The molecule has 0 amide bonds. The first-order chi connectivity index (χ1) is 17.5. The van der Waals surface area contributed by atoms with Crippen molar-refractivity contribution in [1.82, 2.24) is 0 Å². The highest BCUT2D eigenvalue weighted by Gasteiger charge is 2.35. The van der Waals surface area contributed by atoms with E-state index in [4.69, 9.17) is 9.47 Å². The number of hydrogen-bond donors (Lipinski definition) is 0. The van der Waals surface area contributed by atoms with Crippen LogP contribution in [0.15, 0.2) is 61.2 Å². The van der Waals surface area contributed by atoms with Crippen LogP contribution in [-0.2, 0) is 0 Å². The van der Waals surface area contributed by atoms with Crippen molar-refractivity contribution in [2.24, 2.45) is 17.8 Å². The van der Waals surface area contributed by atoms with E-state index in [1.165, 1.54) is 62.6 Å². The van der Waals surface area contributed by atoms with E-state index in [2.05, 4.69) is 6.58 Å². The van der Waals surface area contributed by atoms with Crippen molar-refractivity contribution >= 4 is 5.97 Å². The van der Waals surface area contributed by atoms with Gasteiger partial charge in [0.1, 0.15) is 6.61 Å². The highest BCUT2D eigenvalue weighted by atomic mass is 19.2. The molecule has 3 nitrogen and oxygen atoms in total. The first-order valence-electron chi connectivity index (χ1n) is 13.1. The summed E-state index contributed by atoms with van der Waals surface area (Å²) in [5.74, 6) is -0.834. The van der Waals surface area contributed by atoms with Gasteiger partial charge in [-0.2, -0.15) is 8.78 Å². The number of carbonyl (C=O) groups is 1. The van der Waals surface area contributed by atoms with Crippen LogP contribution in [-0.4, -0.2) is 12.6 Å². The van der Waals surface area contributed by atoms with Crippen molar-refractivity contribution in [3.8, 4) is 11.5 Å². The highest BCUT2D eigenvalue weighted by Crippen LogP contribution is 2.48. The van der Waals surface area contributed by atoms with Crippen LogP contribution >= 0.6 is 0 Å². The molecule has 2 saturated carbocycles. The Morgan fingerprint density at radius 2 is 1.67 bits per heavy atom. The summed E-state index contributed by atoms with van der Waals surface area (Å²) in [5, 5.41) is 0. The molecule has 0 aromatic heterocycles. The van der Waals surface area contributed by atoms with E-state index in [0.29, 0.717) is 11.5 Å². The number of halogens is 2. The lowest BCUT2D eigenvalue weighted by Crippen LogP contribution is -2.30. The Balaban J connectivity index is 1.34. The SMILES string of the molecule is C=CCCC1CCC2CC(c3ccc(C(=O)Oc4ccc(OC/C=C/C)c(F)c4F)cc3)CCC2C1. The molecule has 2 aliphatic carbocycles. The molecule has 2 aromatic carbocycles. The Morgan fingerprint density at radius 1 is 0.972 bits per heavy atom. The fourth-order valence-corrected chi connectivity index (χ4v) is 5.89. The average Bonchev–Trinajstić information content (AvgIpc) is 2.91. The van der Waals surface area contributed by atoms with Gasteiger partial charge in [-0.3, -0.25) is 0 Å². The van der Waals surface area contributed by atoms with E-state index >= 15 is 0 Å². The second-order valence-electron chi connectivity index (χ2n) is 10.2. The van der Waals surface area contributed by atoms with Gasteiger partial charge in [-0.25, -0.2) is 4.79 Å². The molecule has 4 atom stereocenters. The molecule has 2 aromatic rings. The summed E-state index contributed by atoms with van der Waals surface area (Å²) in [5.41, 5.74) is 1.54. The van der Waals surface area contributed by atoms with E-state index in [-0.39, 0.29) is 12.4 Å². The normalized spacial score (nSPS) is 23.8. The third kappa shape index (κ3) is 6.24. The quantitative estimate of drug-likeness (QED) is 0.199. The van der Waals surface area contributed by atoms with Gasteiger partial charge in [-0.15, -0.1) is 6.58 Å². The van der Waals surface area contributed by atoms with Gasteiger partial charge in [0.15, 0.2) is 11.5 Å². The Kier molecular flexibility index (Phi) is 8.95. The molecule has 5 heteroatoms. The molecule has 0 radical (unpaired) electrons. The second-order valence-corrected chi connectivity index (χ2v) is 10.2. The minimum absolute atomic E-state index is 0.122. The predicted octanol–water partition coefficient (Wildman–Crippen LogP) is 8.41. The van der Waals surface area contributed by atoms with Crippen molar-refractivity contribution in [3.05, 3.63) is 84.0 Å². The number of benzene rings is 2.